The highest BCUT2D eigenvalue weighted by molar-refractivity contribution is 6.08. The topological polar surface area (TPSA) is 67.4 Å². The number of hydrogen-bond acceptors (Lipinski definition) is 3. The molecule has 1 aliphatic rings. The largest absolute Gasteiger partial charge is 0.497 e. The molecule has 1 saturated heterocycles. The van der Waals surface area contributed by atoms with Gasteiger partial charge in [0.15, 0.2) is 0 Å². The van der Waals surface area contributed by atoms with Gasteiger partial charge in [-0.25, -0.2) is 0 Å². The van der Waals surface area contributed by atoms with Gasteiger partial charge in [0, 0.05) is 18.2 Å². The van der Waals surface area contributed by atoms with Crippen molar-refractivity contribution in [3.05, 3.63) is 23.8 Å². The molecule has 0 saturated carbocycles. The van der Waals surface area contributed by atoms with Crippen LogP contribution in [0.4, 0.5) is 5.69 Å². The number of methoxy groups -OCH3 is 1. The van der Waals surface area contributed by atoms with Crippen LogP contribution in [-0.4, -0.2) is 25.5 Å². The van der Waals surface area contributed by atoms with E-state index in [1.54, 1.807) is 19.2 Å². The first-order valence-electron chi connectivity index (χ1n) is 7.47. The third-order valence-electron chi connectivity index (χ3n) is 4.27. The maximum Gasteiger partial charge on any atom is 0.237 e. The van der Waals surface area contributed by atoms with Gasteiger partial charge in [0.1, 0.15) is 11.7 Å². The SMILES string of the molecule is COc1ccc(NC(=O)C2C(=O)NCC2C(C)(C)C)c(C)c1. The van der Waals surface area contributed by atoms with Crippen LogP contribution in [0, 0.1) is 24.2 Å². The van der Waals surface area contributed by atoms with Gasteiger partial charge in [-0.15, -0.1) is 0 Å². The van der Waals surface area contributed by atoms with E-state index < -0.39 is 5.92 Å². The Morgan fingerprint density at radius 1 is 1.36 bits per heavy atom. The van der Waals surface area contributed by atoms with Gasteiger partial charge in [-0.1, -0.05) is 20.8 Å². The van der Waals surface area contributed by atoms with Crippen LogP contribution >= 0.6 is 0 Å². The summed E-state index contributed by atoms with van der Waals surface area (Å²) in [5.41, 5.74) is 1.49. The van der Waals surface area contributed by atoms with Crippen LogP contribution in [0.25, 0.3) is 0 Å². The molecule has 2 amide bonds. The van der Waals surface area contributed by atoms with Crippen molar-refractivity contribution >= 4 is 17.5 Å². The summed E-state index contributed by atoms with van der Waals surface area (Å²) in [6.45, 7) is 8.60. The molecule has 5 heteroatoms. The Labute approximate surface area is 131 Å². The summed E-state index contributed by atoms with van der Waals surface area (Å²) in [4.78, 5) is 24.6. The molecule has 0 radical (unpaired) electrons. The van der Waals surface area contributed by atoms with Crippen molar-refractivity contribution in [2.24, 2.45) is 17.3 Å². The molecule has 1 heterocycles. The Bertz CT molecular complexity index is 590. The first-order chi connectivity index (χ1) is 10.2. The molecule has 120 valence electrons. The predicted molar refractivity (Wildman–Crippen MR) is 85.8 cm³/mol. The molecule has 2 atom stereocenters. The normalized spacial score (nSPS) is 21.4. The van der Waals surface area contributed by atoms with Gasteiger partial charge in [0.2, 0.25) is 11.8 Å². The van der Waals surface area contributed by atoms with E-state index in [1.165, 1.54) is 0 Å². The lowest BCUT2D eigenvalue weighted by Gasteiger charge is -2.29. The molecule has 2 rings (SSSR count). The third kappa shape index (κ3) is 3.24. The Hall–Kier alpha value is -2.04. The fourth-order valence-electron chi connectivity index (χ4n) is 2.84. The number of anilines is 1. The van der Waals surface area contributed by atoms with Crippen LogP contribution < -0.4 is 15.4 Å². The fraction of sp³-hybridized carbons (Fsp3) is 0.529. The van der Waals surface area contributed by atoms with Crippen LogP contribution in [0.1, 0.15) is 26.3 Å². The van der Waals surface area contributed by atoms with Gasteiger partial charge in [-0.2, -0.15) is 0 Å². The maximum atomic E-state index is 12.6. The lowest BCUT2D eigenvalue weighted by molar-refractivity contribution is -0.132. The lowest BCUT2D eigenvalue weighted by Crippen LogP contribution is -2.37. The number of rotatable bonds is 3. The summed E-state index contributed by atoms with van der Waals surface area (Å²) in [5, 5.41) is 5.69. The van der Waals surface area contributed by atoms with E-state index in [0.29, 0.717) is 12.2 Å². The highest BCUT2D eigenvalue weighted by Gasteiger charge is 2.45. The molecule has 1 aromatic carbocycles. The summed E-state index contributed by atoms with van der Waals surface area (Å²) in [6.07, 6.45) is 0. The van der Waals surface area contributed by atoms with Crippen molar-refractivity contribution < 1.29 is 14.3 Å². The Morgan fingerprint density at radius 2 is 2.05 bits per heavy atom. The van der Waals surface area contributed by atoms with Crippen LogP contribution in [0.2, 0.25) is 0 Å². The minimum Gasteiger partial charge on any atom is -0.497 e. The molecule has 0 aliphatic carbocycles. The first-order valence-corrected chi connectivity index (χ1v) is 7.47. The smallest absolute Gasteiger partial charge is 0.237 e. The van der Waals surface area contributed by atoms with Crippen molar-refractivity contribution in [2.45, 2.75) is 27.7 Å². The highest BCUT2D eigenvalue weighted by atomic mass is 16.5. The average molecular weight is 304 g/mol. The van der Waals surface area contributed by atoms with Crippen LogP contribution in [0.5, 0.6) is 5.75 Å². The second-order valence-electron chi connectivity index (χ2n) is 6.87. The second-order valence-corrected chi connectivity index (χ2v) is 6.87. The zero-order valence-electron chi connectivity index (χ0n) is 13.8. The Kier molecular flexibility index (Phi) is 4.44. The van der Waals surface area contributed by atoms with E-state index in [0.717, 1.165) is 11.3 Å². The van der Waals surface area contributed by atoms with Crippen molar-refractivity contribution in [3.63, 3.8) is 0 Å². The molecule has 22 heavy (non-hydrogen) atoms. The van der Waals surface area contributed by atoms with E-state index in [-0.39, 0.29) is 23.1 Å². The molecule has 2 N–H and O–H groups in total. The second kappa shape index (κ2) is 5.99. The van der Waals surface area contributed by atoms with Gasteiger partial charge >= 0.3 is 0 Å². The average Bonchev–Trinajstić information content (AvgIpc) is 2.83. The fourth-order valence-corrected chi connectivity index (χ4v) is 2.84. The maximum absolute atomic E-state index is 12.6. The minimum absolute atomic E-state index is 0.0152. The molecule has 0 bridgehead atoms. The number of benzene rings is 1. The molecule has 0 aromatic heterocycles. The Morgan fingerprint density at radius 3 is 2.59 bits per heavy atom. The number of amides is 2. The van der Waals surface area contributed by atoms with Gasteiger partial charge in [-0.05, 0) is 36.1 Å². The summed E-state index contributed by atoms with van der Waals surface area (Å²) in [5.74, 6) is -0.367. The van der Waals surface area contributed by atoms with Gasteiger partial charge < -0.3 is 15.4 Å². The van der Waals surface area contributed by atoms with Gasteiger partial charge in [-0.3, -0.25) is 9.59 Å². The molecule has 2 unspecified atom stereocenters. The van der Waals surface area contributed by atoms with Crippen molar-refractivity contribution in [1.29, 1.82) is 0 Å². The molecule has 0 spiro atoms. The monoisotopic (exact) mass is 304 g/mol. The molecule has 1 fully saturated rings. The Balaban J connectivity index is 2.19. The van der Waals surface area contributed by atoms with E-state index in [9.17, 15) is 9.59 Å². The summed E-state index contributed by atoms with van der Waals surface area (Å²) in [6, 6.07) is 5.44. The molecule has 1 aliphatic heterocycles. The molecular formula is C17H24N2O3. The zero-order valence-corrected chi connectivity index (χ0v) is 13.8. The van der Waals surface area contributed by atoms with Crippen molar-refractivity contribution in [3.8, 4) is 5.75 Å². The zero-order chi connectivity index (χ0) is 16.5. The quantitative estimate of drug-likeness (QED) is 0.842. The number of carbonyl (C=O) groups is 2. The summed E-state index contributed by atoms with van der Waals surface area (Å²) < 4.78 is 5.16. The van der Waals surface area contributed by atoms with E-state index in [2.05, 4.69) is 31.4 Å². The van der Waals surface area contributed by atoms with Crippen molar-refractivity contribution in [1.82, 2.24) is 5.32 Å². The lowest BCUT2D eigenvalue weighted by atomic mass is 9.74. The summed E-state index contributed by atoms with van der Waals surface area (Å²) in [7, 11) is 1.60. The van der Waals surface area contributed by atoms with E-state index >= 15 is 0 Å². The van der Waals surface area contributed by atoms with Crippen LogP contribution in [0.3, 0.4) is 0 Å². The standard InChI is InChI=1S/C17H24N2O3/c1-10-8-11(22-5)6-7-13(10)19-16(21)14-12(17(2,3)4)9-18-15(14)20/h6-8,12,14H,9H2,1-5H3,(H,18,20)(H,19,21). The molecular weight excluding hydrogens is 280 g/mol. The number of aryl methyl sites for hydroxylation is 1. The third-order valence-corrected chi connectivity index (χ3v) is 4.27. The van der Waals surface area contributed by atoms with E-state index in [1.807, 2.05) is 13.0 Å². The van der Waals surface area contributed by atoms with Gasteiger partial charge in [0.05, 0.1) is 7.11 Å². The van der Waals surface area contributed by atoms with Crippen LogP contribution in [0.15, 0.2) is 18.2 Å². The first kappa shape index (κ1) is 16.3. The number of nitrogens with one attached hydrogen (secondary N) is 2. The molecule has 5 nitrogen and oxygen atoms in total. The molecule has 1 aromatic rings. The van der Waals surface area contributed by atoms with Crippen LogP contribution in [-0.2, 0) is 9.59 Å². The predicted octanol–water partition coefficient (Wildman–Crippen LogP) is 2.35. The summed E-state index contributed by atoms with van der Waals surface area (Å²) >= 11 is 0. The number of hydrogen-bond donors (Lipinski definition) is 2. The van der Waals surface area contributed by atoms with Crippen molar-refractivity contribution in [2.75, 3.05) is 19.0 Å². The minimum atomic E-state index is -0.651. The highest BCUT2D eigenvalue weighted by Crippen LogP contribution is 2.36. The van der Waals surface area contributed by atoms with Gasteiger partial charge in [0.25, 0.3) is 0 Å². The number of carbonyl (C=O) groups excluding carboxylic acids is 2. The number of ether oxygens (including phenoxy) is 1. The van der Waals surface area contributed by atoms with E-state index in [4.69, 9.17) is 4.74 Å².